The van der Waals surface area contributed by atoms with E-state index in [2.05, 4.69) is 15.0 Å². The summed E-state index contributed by atoms with van der Waals surface area (Å²) in [4.78, 5) is 11.0. The monoisotopic (exact) mass is 198 g/mol. The van der Waals surface area contributed by atoms with Gasteiger partial charge in [-0.2, -0.15) is 0 Å². The molecule has 0 aliphatic rings. The number of nitrogen functional groups attached to an aromatic ring is 1. The molecule has 2 aromatic heterocycles. The van der Waals surface area contributed by atoms with Crippen LogP contribution in [0.3, 0.4) is 0 Å². The van der Waals surface area contributed by atoms with E-state index in [1.54, 1.807) is 0 Å². The molecule has 0 atom stereocenters. The summed E-state index contributed by atoms with van der Waals surface area (Å²) in [7, 11) is 0. The molecule has 0 aliphatic heterocycles. The predicted molar refractivity (Wildman–Crippen MR) is 46.7 cm³/mol. The number of pyridine rings is 1. The Morgan fingerprint density at radius 1 is 1.31 bits per heavy atom. The number of nitrogens with two attached hydrogens (primary N) is 1. The van der Waals surface area contributed by atoms with Crippen molar-refractivity contribution >= 4 is 28.3 Å². The van der Waals surface area contributed by atoms with Gasteiger partial charge < -0.3 is 5.73 Å². The summed E-state index contributed by atoms with van der Waals surface area (Å²) >= 11 is 5.49. The summed E-state index contributed by atoms with van der Waals surface area (Å²) in [5, 5.41) is 0.349. The van der Waals surface area contributed by atoms with Crippen LogP contribution < -0.4 is 5.73 Å². The molecule has 13 heavy (non-hydrogen) atoms. The number of anilines is 1. The molecule has 0 fully saturated rings. The summed E-state index contributed by atoms with van der Waals surface area (Å²) in [6.45, 7) is 0. The van der Waals surface area contributed by atoms with Gasteiger partial charge in [-0.05, 0) is 11.6 Å². The van der Waals surface area contributed by atoms with Gasteiger partial charge in [0.1, 0.15) is 11.3 Å². The molecule has 0 saturated carbocycles. The molecule has 2 N–H and O–H groups in total. The van der Waals surface area contributed by atoms with Crippen molar-refractivity contribution in [2.45, 2.75) is 0 Å². The van der Waals surface area contributed by atoms with E-state index in [1.807, 2.05) is 0 Å². The molecular formula is C7H4ClFN4. The van der Waals surface area contributed by atoms with Crippen LogP contribution in [0.15, 0.2) is 12.4 Å². The molecule has 0 aromatic carbocycles. The highest BCUT2D eigenvalue weighted by Crippen LogP contribution is 2.19. The third-order valence-corrected chi connectivity index (χ3v) is 1.76. The van der Waals surface area contributed by atoms with Gasteiger partial charge in [0.2, 0.25) is 5.28 Å². The Balaban J connectivity index is 2.92. The van der Waals surface area contributed by atoms with E-state index in [0.717, 1.165) is 6.20 Å². The largest absolute Gasteiger partial charge is 0.383 e. The summed E-state index contributed by atoms with van der Waals surface area (Å²) in [5.41, 5.74) is 5.56. The minimum Gasteiger partial charge on any atom is -0.383 e. The van der Waals surface area contributed by atoms with Crippen LogP contribution in [0.4, 0.5) is 10.2 Å². The molecule has 0 spiro atoms. The van der Waals surface area contributed by atoms with Crippen LogP contribution in [-0.2, 0) is 0 Å². The molecular weight excluding hydrogens is 195 g/mol. The molecule has 0 radical (unpaired) electrons. The van der Waals surface area contributed by atoms with Gasteiger partial charge in [0.25, 0.3) is 0 Å². The van der Waals surface area contributed by atoms with Crippen LogP contribution in [-0.4, -0.2) is 15.0 Å². The minimum atomic E-state index is -0.562. The van der Waals surface area contributed by atoms with Crippen molar-refractivity contribution in [2.75, 3.05) is 5.73 Å². The molecule has 0 saturated heterocycles. The van der Waals surface area contributed by atoms with Gasteiger partial charge in [-0.25, -0.2) is 19.3 Å². The van der Waals surface area contributed by atoms with Crippen molar-refractivity contribution in [3.8, 4) is 0 Å². The lowest BCUT2D eigenvalue weighted by molar-refractivity contribution is 0.631. The van der Waals surface area contributed by atoms with Crippen LogP contribution in [0.5, 0.6) is 0 Å². The fourth-order valence-corrected chi connectivity index (χ4v) is 1.12. The fourth-order valence-electron chi connectivity index (χ4n) is 0.987. The predicted octanol–water partition coefficient (Wildman–Crippen LogP) is 1.40. The highest BCUT2D eigenvalue weighted by Gasteiger charge is 2.07. The Labute approximate surface area is 77.6 Å². The maximum atomic E-state index is 13.1. The Kier molecular flexibility index (Phi) is 1.73. The number of aromatic nitrogens is 3. The van der Waals surface area contributed by atoms with Crippen LogP contribution >= 0.6 is 11.6 Å². The Hall–Kier alpha value is -1.49. The van der Waals surface area contributed by atoms with Crippen LogP contribution in [0.25, 0.3) is 10.9 Å². The normalized spacial score (nSPS) is 10.6. The van der Waals surface area contributed by atoms with E-state index in [-0.39, 0.29) is 16.6 Å². The first kappa shape index (κ1) is 8.12. The lowest BCUT2D eigenvalue weighted by Gasteiger charge is -2.00. The first-order chi connectivity index (χ1) is 6.18. The van der Waals surface area contributed by atoms with Gasteiger partial charge in [-0.1, -0.05) is 0 Å². The summed E-state index contributed by atoms with van der Waals surface area (Å²) in [5.74, 6) is -0.374. The zero-order chi connectivity index (χ0) is 9.42. The smallest absolute Gasteiger partial charge is 0.223 e. The second-order valence-corrected chi connectivity index (χ2v) is 2.73. The molecule has 66 valence electrons. The third kappa shape index (κ3) is 1.27. The van der Waals surface area contributed by atoms with Crippen molar-refractivity contribution in [1.82, 2.24) is 15.0 Å². The third-order valence-electron chi connectivity index (χ3n) is 1.58. The van der Waals surface area contributed by atoms with Crippen LogP contribution in [0, 0.1) is 5.82 Å². The van der Waals surface area contributed by atoms with Gasteiger partial charge in [0, 0.05) is 6.20 Å². The number of halogens is 2. The number of hydrogen-bond acceptors (Lipinski definition) is 4. The Bertz CT molecular complexity index is 473. The van der Waals surface area contributed by atoms with E-state index in [4.69, 9.17) is 17.3 Å². The van der Waals surface area contributed by atoms with E-state index in [0.29, 0.717) is 5.39 Å². The zero-order valence-corrected chi connectivity index (χ0v) is 7.09. The maximum absolute atomic E-state index is 13.1. The van der Waals surface area contributed by atoms with Crippen LogP contribution in [0.2, 0.25) is 5.28 Å². The van der Waals surface area contributed by atoms with Crippen molar-refractivity contribution in [3.63, 3.8) is 0 Å². The average molecular weight is 199 g/mol. The van der Waals surface area contributed by atoms with Gasteiger partial charge in [0.05, 0.1) is 11.6 Å². The van der Waals surface area contributed by atoms with Gasteiger partial charge in [-0.3, -0.25) is 0 Å². The Morgan fingerprint density at radius 3 is 2.85 bits per heavy atom. The zero-order valence-electron chi connectivity index (χ0n) is 6.33. The number of fused-ring (bicyclic) bond motifs is 1. The Morgan fingerprint density at radius 2 is 2.08 bits per heavy atom. The molecule has 6 heteroatoms. The fraction of sp³-hybridized carbons (Fsp3) is 0. The van der Waals surface area contributed by atoms with Crippen LogP contribution in [0.1, 0.15) is 0 Å². The van der Waals surface area contributed by atoms with Gasteiger partial charge in [0.15, 0.2) is 5.82 Å². The topological polar surface area (TPSA) is 64.7 Å². The van der Waals surface area contributed by atoms with E-state index < -0.39 is 5.82 Å². The van der Waals surface area contributed by atoms with E-state index in [1.165, 1.54) is 6.20 Å². The maximum Gasteiger partial charge on any atom is 0.223 e. The molecule has 0 amide bonds. The molecule has 0 unspecified atom stereocenters. The molecule has 4 nitrogen and oxygen atoms in total. The second kappa shape index (κ2) is 2.77. The van der Waals surface area contributed by atoms with Crippen molar-refractivity contribution < 1.29 is 4.39 Å². The number of hydrogen-bond donors (Lipinski definition) is 1. The standard InChI is InChI=1S/C7H4ClFN4/c8-7-12-1-3-5(13-7)4(9)2-11-6(3)10/h1-2H,(H2,10,11). The molecule has 2 rings (SSSR count). The highest BCUT2D eigenvalue weighted by atomic mass is 35.5. The lowest BCUT2D eigenvalue weighted by Crippen LogP contribution is -1.96. The van der Waals surface area contributed by atoms with Gasteiger partial charge >= 0.3 is 0 Å². The van der Waals surface area contributed by atoms with E-state index >= 15 is 0 Å². The first-order valence-electron chi connectivity index (χ1n) is 3.40. The average Bonchev–Trinajstić information content (AvgIpc) is 2.12. The molecule has 0 aliphatic carbocycles. The molecule has 2 heterocycles. The van der Waals surface area contributed by atoms with E-state index in [9.17, 15) is 4.39 Å². The quantitative estimate of drug-likeness (QED) is 0.650. The SMILES string of the molecule is Nc1ncc(F)c2nc(Cl)ncc12. The minimum absolute atomic E-state index is 0.0167. The van der Waals surface area contributed by atoms with Crippen molar-refractivity contribution in [1.29, 1.82) is 0 Å². The first-order valence-corrected chi connectivity index (χ1v) is 3.78. The molecule has 0 bridgehead atoms. The summed E-state index contributed by atoms with van der Waals surface area (Å²) in [6, 6.07) is 0. The van der Waals surface area contributed by atoms with Gasteiger partial charge in [-0.15, -0.1) is 0 Å². The van der Waals surface area contributed by atoms with Crippen molar-refractivity contribution in [3.05, 3.63) is 23.5 Å². The highest BCUT2D eigenvalue weighted by molar-refractivity contribution is 6.28. The second-order valence-electron chi connectivity index (χ2n) is 2.39. The molecule has 2 aromatic rings. The number of nitrogens with zero attached hydrogens (tertiary/aromatic N) is 3. The summed E-state index contributed by atoms with van der Waals surface area (Å²) < 4.78 is 13.1. The van der Waals surface area contributed by atoms with Crippen molar-refractivity contribution in [2.24, 2.45) is 0 Å². The lowest BCUT2D eigenvalue weighted by atomic mass is 10.3. The summed E-state index contributed by atoms with van der Waals surface area (Å²) in [6.07, 6.45) is 2.34. The number of rotatable bonds is 0.